The zero-order chi connectivity index (χ0) is 14.3. The molecule has 3 nitrogen and oxygen atoms in total. The van der Waals surface area contributed by atoms with Crippen molar-refractivity contribution in [2.24, 2.45) is 0 Å². The van der Waals surface area contributed by atoms with E-state index in [1.807, 2.05) is 18.2 Å². The largest absolute Gasteiger partial charge is 0.376 e. The topological polar surface area (TPSA) is 27.1 Å². The van der Waals surface area contributed by atoms with E-state index in [9.17, 15) is 0 Å². The summed E-state index contributed by atoms with van der Waals surface area (Å²) < 4.78 is 8.09. The van der Waals surface area contributed by atoms with E-state index in [0.29, 0.717) is 10.9 Å². The molecule has 2 heterocycles. The Hall–Kier alpha value is -0.770. The summed E-state index contributed by atoms with van der Waals surface area (Å²) in [5.41, 5.74) is 1.96. The number of ether oxygens (including phenoxy) is 1. The number of aryl methyl sites for hydroxylation is 1. The lowest BCUT2D eigenvalue weighted by molar-refractivity contribution is 0.0764. The second kappa shape index (κ2) is 5.21. The summed E-state index contributed by atoms with van der Waals surface area (Å²) in [5, 5.41) is 0.709. The van der Waals surface area contributed by atoms with Crippen LogP contribution >= 0.6 is 23.2 Å². The molecular formula is C15H18Cl2N2O. The second-order valence-corrected chi connectivity index (χ2v) is 6.37. The van der Waals surface area contributed by atoms with Gasteiger partial charge in [0, 0.05) is 23.9 Å². The average Bonchev–Trinajstić information content (AvgIpc) is 2.91. The number of halogens is 2. The molecule has 2 aromatic rings. The third-order valence-corrected chi connectivity index (χ3v) is 4.79. The molecule has 20 heavy (non-hydrogen) atoms. The number of rotatable bonds is 3. The Kier molecular flexibility index (Phi) is 3.69. The second-order valence-electron chi connectivity index (χ2n) is 5.56. The van der Waals surface area contributed by atoms with Gasteiger partial charge in [-0.15, -0.1) is 11.6 Å². The van der Waals surface area contributed by atoms with Crippen LogP contribution in [0.5, 0.6) is 0 Å². The minimum absolute atomic E-state index is 0.0794. The van der Waals surface area contributed by atoms with Crippen molar-refractivity contribution in [3.63, 3.8) is 0 Å². The lowest BCUT2D eigenvalue weighted by atomic mass is 9.93. The van der Waals surface area contributed by atoms with Crippen molar-refractivity contribution in [2.45, 2.75) is 38.3 Å². The molecule has 2 unspecified atom stereocenters. The maximum Gasteiger partial charge on any atom is 0.111 e. The normalized spacial score (nSPS) is 26.5. The molecule has 2 atom stereocenters. The molecule has 5 heteroatoms. The van der Waals surface area contributed by atoms with Gasteiger partial charge in [0.15, 0.2) is 0 Å². The van der Waals surface area contributed by atoms with E-state index >= 15 is 0 Å². The predicted molar refractivity (Wildman–Crippen MR) is 82.8 cm³/mol. The Bertz CT molecular complexity index is 640. The minimum atomic E-state index is -0.0794. The van der Waals surface area contributed by atoms with Crippen molar-refractivity contribution in [2.75, 3.05) is 12.5 Å². The van der Waals surface area contributed by atoms with Crippen LogP contribution in [0.4, 0.5) is 0 Å². The highest BCUT2D eigenvalue weighted by atomic mass is 35.5. The van der Waals surface area contributed by atoms with Crippen molar-refractivity contribution in [1.82, 2.24) is 9.55 Å². The first-order valence-electron chi connectivity index (χ1n) is 6.91. The van der Waals surface area contributed by atoms with Gasteiger partial charge in [-0.3, -0.25) is 0 Å². The first-order valence-corrected chi connectivity index (χ1v) is 7.82. The fraction of sp³-hybridized carbons (Fsp3) is 0.533. The summed E-state index contributed by atoms with van der Waals surface area (Å²) in [5.74, 6) is 1.57. The number of alkyl halides is 1. The van der Waals surface area contributed by atoms with E-state index in [2.05, 4.69) is 18.4 Å². The summed E-state index contributed by atoms with van der Waals surface area (Å²) in [6.45, 7) is 5.14. The molecule has 0 radical (unpaired) electrons. The highest BCUT2D eigenvalue weighted by Crippen LogP contribution is 2.37. The number of imidazole rings is 1. The highest BCUT2D eigenvalue weighted by molar-refractivity contribution is 6.31. The molecule has 1 aliphatic rings. The third-order valence-electron chi connectivity index (χ3n) is 4.37. The molecule has 0 bridgehead atoms. The van der Waals surface area contributed by atoms with Crippen LogP contribution in [0.3, 0.4) is 0 Å². The van der Waals surface area contributed by atoms with E-state index in [4.69, 9.17) is 32.9 Å². The number of hydrogen-bond donors (Lipinski definition) is 0. The van der Waals surface area contributed by atoms with E-state index in [1.54, 1.807) is 0 Å². The van der Waals surface area contributed by atoms with Gasteiger partial charge in [-0.1, -0.05) is 11.6 Å². The molecule has 0 saturated carbocycles. The summed E-state index contributed by atoms with van der Waals surface area (Å²) in [6.07, 6.45) is 1.89. The third kappa shape index (κ3) is 2.12. The minimum Gasteiger partial charge on any atom is -0.376 e. The van der Waals surface area contributed by atoms with Gasteiger partial charge in [-0.05, 0) is 38.5 Å². The molecule has 1 aromatic heterocycles. The zero-order valence-corrected chi connectivity index (χ0v) is 13.2. The number of benzene rings is 1. The smallest absolute Gasteiger partial charge is 0.111 e. The van der Waals surface area contributed by atoms with E-state index in [-0.39, 0.29) is 11.6 Å². The average molecular weight is 313 g/mol. The number of hydrogen-bond acceptors (Lipinski definition) is 2. The van der Waals surface area contributed by atoms with Gasteiger partial charge >= 0.3 is 0 Å². The van der Waals surface area contributed by atoms with Crippen molar-refractivity contribution < 1.29 is 4.74 Å². The zero-order valence-electron chi connectivity index (χ0n) is 11.7. The molecule has 1 aromatic carbocycles. The molecule has 0 amide bonds. The molecule has 3 rings (SSSR count). The fourth-order valence-corrected chi connectivity index (χ4v) is 3.38. The first kappa shape index (κ1) is 14.2. The Morgan fingerprint density at radius 2 is 2.30 bits per heavy atom. The summed E-state index contributed by atoms with van der Waals surface area (Å²) in [6, 6.07) is 5.87. The van der Waals surface area contributed by atoms with Crippen LogP contribution in [0.15, 0.2) is 18.2 Å². The van der Waals surface area contributed by atoms with Crippen LogP contribution in [0.1, 0.15) is 26.1 Å². The van der Waals surface area contributed by atoms with Gasteiger partial charge in [0.25, 0.3) is 0 Å². The monoisotopic (exact) mass is 312 g/mol. The summed E-state index contributed by atoms with van der Waals surface area (Å²) in [7, 11) is 0. The molecule has 108 valence electrons. The van der Waals surface area contributed by atoms with Crippen LogP contribution in [0.2, 0.25) is 5.02 Å². The molecule has 0 aliphatic carbocycles. The Morgan fingerprint density at radius 1 is 1.50 bits per heavy atom. The fourth-order valence-electron chi connectivity index (χ4n) is 3.04. The number of fused-ring (bicyclic) bond motifs is 1. The Morgan fingerprint density at radius 3 is 2.95 bits per heavy atom. The van der Waals surface area contributed by atoms with Gasteiger partial charge in [0.1, 0.15) is 5.82 Å². The van der Waals surface area contributed by atoms with Crippen molar-refractivity contribution in [3.8, 4) is 0 Å². The summed E-state index contributed by atoms with van der Waals surface area (Å²) in [4.78, 5) is 4.73. The predicted octanol–water partition coefficient (Wildman–Crippen LogP) is 4.00. The molecule has 1 aliphatic heterocycles. The van der Waals surface area contributed by atoms with Crippen LogP contribution in [-0.4, -0.2) is 28.1 Å². The highest BCUT2D eigenvalue weighted by Gasteiger charge is 2.40. The van der Waals surface area contributed by atoms with E-state index < -0.39 is 0 Å². The van der Waals surface area contributed by atoms with Crippen LogP contribution in [0.25, 0.3) is 11.0 Å². The van der Waals surface area contributed by atoms with Gasteiger partial charge in [0.05, 0.1) is 22.7 Å². The van der Waals surface area contributed by atoms with Crippen LogP contribution < -0.4 is 0 Å². The summed E-state index contributed by atoms with van der Waals surface area (Å²) >= 11 is 12.0. The first-order chi connectivity index (χ1) is 9.56. The van der Waals surface area contributed by atoms with Crippen LogP contribution in [-0.2, 0) is 16.7 Å². The maximum absolute atomic E-state index is 6.08. The van der Waals surface area contributed by atoms with Gasteiger partial charge < -0.3 is 9.30 Å². The quantitative estimate of drug-likeness (QED) is 0.801. The molecule has 0 spiro atoms. The van der Waals surface area contributed by atoms with Crippen molar-refractivity contribution in [3.05, 3.63) is 29.0 Å². The van der Waals surface area contributed by atoms with Crippen molar-refractivity contribution in [1.29, 1.82) is 0 Å². The van der Waals surface area contributed by atoms with Crippen molar-refractivity contribution >= 4 is 34.2 Å². The van der Waals surface area contributed by atoms with Gasteiger partial charge in [-0.25, -0.2) is 4.98 Å². The lowest BCUT2D eigenvalue weighted by Crippen LogP contribution is -2.38. The maximum atomic E-state index is 6.08. The lowest BCUT2D eigenvalue weighted by Gasteiger charge is -2.32. The standard InChI is InChI=1S/C15H18Cl2N2O/c1-10-15(2,6-8-20-10)19-13-4-3-11(17)9-12(13)18-14(19)5-7-16/h3-4,9-10H,5-8H2,1-2H3. The van der Waals surface area contributed by atoms with Gasteiger partial charge in [-0.2, -0.15) is 0 Å². The Labute approximate surface area is 128 Å². The number of aromatic nitrogens is 2. The molecule has 1 saturated heterocycles. The van der Waals surface area contributed by atoms with Crippen LogP contribution in [0, 0.1) is 0 Å². The van der Waals surface area contributed by atoms with E-state index in [1.165, 1.54) is 0 Å². The number of nitrogens with zero attached hydrogens (tertiary/aromatic N) is 2. The molecule has 1 fully saturated rings. The van der Waals surface area contributed by atoms with Gasteiger partial charge in [0.2, 0.25) is 0 Å². The Balaban J connectivity index is 2.23. The molecular weight excluding hydrogens is 295 g/mol. The van der Waals surface area contributed by atoms with E-state index in [0.717, 1.165) is 36.3 Å². The SMILES string of the molecule is CC1OCCC1(C)n1c(CCCl)nc2cc(Cl)ccc21. The molecule has 0 N–H and O–H groups in total.